The third-order valence-electron chi connectivity index (χ3n) is 2.45. The van der Waals surface area contributed by atoms with E-state index < -0.39 is 5.82 Å². The number of nitrogens with zero attached hydrogens (tertiary/aromatic N) is 2. The van der Waals surface area contributed by atoms with Crippen molar-refractivity contribution < 1.29 is 9.13 Å². The first kappa shape index (κ1) is 12.8. The zero-order chi connectivity index (χ0) is 13.7. The summed E-state index contributed by atoms with van der Waals surface area (Å²) in [5.41, 5.74) is 1.52. The number of ether oxygens (including phenoxy) is 1. The highest BCUT2D eigenvalue weighted by Crippen LogP contribution is 2.24. The Labute approximate surface area is 110 Å². The van der Waals surface area contributed by atoms with E-state index in [1.807, 2.05) is 6.07 Å². The van der Waals surface area contributed by atoms with Gasteiger partial charge in [0.25, 0.3) is 0 Å². The van der Waals surface area contributed by atoms with E-state index in [0.717, 1.165) is 0 Å². The van der Waals surface area contributed by atoms with Gasteiger partial charge in [-0.1, -0.05) is 0 Å². The molecule has 0 bridgehead atoms. The van der Waals surface area contributed by atoms with Crippen molar-refractivity contribution in [1.29, 1.82) is 5.26 Å². The molecule has 4 nitrogen and oxygen atoms in total. The number of rotatable bonds is 4. The minimum Gasteiger partial charge on any atom is -0.491 e. The highest BCUT2D eigenvalue weighted by atomic mass is 19.1. The van der Waals surface area contributed by atoms with Crippen LogP contribution < -0.4 is 10.1 Å². The third-order valence-corrected chi connectivity index (χ3v) is 2.45. The minimum absolute atomic E-state index is 0.208. The van der Waals surface area contributed by atoms with Gasteiger partial charge < -0.3 is 10.1 Å². The Morgan fingerprint density at radius 2 is 2.26 bits per heavy atom. The molecule has 2 aromatic rings. The molecular weight excluding hydrogens is 245 g/mol. The Morgan fingerprint density at radius 1 is 1.42 bits per heavy atom. The van der Waals surface area contributed by atoms with Crippen molar-refractivity contribution in [3.63, 3.8) is 0 Å². The lowest BCUT2D eigenvalue weighted by molar-refractivity contribution is 0.321. The fourth-order valence-electron chi connectivity index (χ4n) is 1.60. The Balaban J connectivity index is 2.24. The van der Waals surface area contributed by atoms with Crippen LogP contribution in [0.2, 0.25) is 0 Å². The second-order valence-corrected chi connectivity index (χ2v) is 3.74. The van der Waals surface area contributed by atoms with E-state index in [2.05, 4.69) is 10.3 Å². The molecule has 1 aromatic carbocycles. The van der Waals surface area contributed by atoms with Crippen LogP contribution in [0.1, 0.15) is 12.5 Å². The van der Waals surface area contributed by atoms with Crippen LogP contribution in [0.25, 0.3) is 0 Å². The molecule has 0 amide bonds. The fraction of sp³-hybridized carbons (Fsp3) is 0.143. The summed E-state index contributed by atoms with van der Waals surface area (Å²) in [6.45, 7) is 2.20. The van der Waals surface area contributed by atoms with Crippen LogP contribution in [-0.2, 0) is 0 Å². The maximum Gasteiger partial charge on any atom is 0.167 e. The van der Waals surface area contributed by atoms with Crippen molar-refractivity contribution >= 4 is 11.4 Å². The van der Waals surface area contributed by atoms with E-state index >= 15 is 0 Å². The number of nitrogens with one attached hydrogen (secondary N) is 1. The summed E-state index contributed by atoms with van der Waals surface area (Å²) in [5, 5.41) is 11.9. The smallest absolute Gasteiger partial charge is 0.167 e. The molecule has 2 rings (SSSR count). The summed E-state index contributed by atoms with van der Waals surface area (Å²) in [6, 6.07) is 8.18. The van der Waals surface area contributed by atoms with E-state index in [1.54, 1.807) is 25.1 Å². The van der Waals surface area contributed by atoms with Gasteiger partial charge in [0, 0.05) is 18.0 Å². The Bertz CT molecular complexity index is 622. The van der Waals surface area contributed by atoms with Crippen molar-refractivity contribution in [1.82, 2.24) is 4.98 Å². The van der Waals surface area contributed by atoms with E-state index in [0.29, 0.717) is 23.5 Å². The predicted molar refractivity (Wildman–Crippen MR) is 69.8 cm³/mol. The number of hydrogen-bond donors (Lipinski definition) is 1. The molecular formula is C14H12FN3O. The monoisotopic (exact) mass is 257 g/mol. The second kappa shape index (κ2) is 5.83. The van der Waals surface area contributed by atoms with Crippen molar-refractivity contribution in [2.45, 2.75) is 6.92 Å². The van der Waals surface area contributed by atoms with Gasteiger partial charge in [0.05, 0.1) is 24.1 Å². The molecule has 1 N–H and O–H groups in total. The lowest BCUT2D eigenvalue weighted by Gasteiger charge is -2.09. The number of nitriles is 1. The van der Waals surface area contributed by atoms with Gasteiger partial charge in [-0.25, -0.2) is 4.39 Å². The summed E-state index contributed by atoms with van der Waals surface area (Å²) in [4.78, 5) is 3.93. The van der Waals surface area contributed by atoms with Crippen LogP contribution >= 0.6 is 0 Å². The SMILES string of the molecule is CCOc1ccc(Nc2cnccc2C#N)cc1F. The number of benzene rings is 1. The standard InChI is InChI=1S/C14H12FN3O/c1-2-19-14-4-3-11(7-12(14)15)18-13-9-17-6-5-10(13)8-16/h3-7,9,18H,2H2,1H3. The Kier molecular flexibility index (Phi) is 3.94. The van der Waals surface area contributed by atoms with Crippen LogP contribution in [0.4, 0.5) is 15.8 Å². The second-order valence-electron chi connectivity index (χ2n) is 3.74. The molecule has 96 valence electrons. The first-order valence-electron chi connectivity index (χ1n) is 5.78. The topological polar surface area (TPSA) is 57.9 Å². The molecule has 0 atom stereocenters. The molecule has 0 aliphatic carbocycles. The number of halogens is 1. The zero-order valence-electron chi connectivity index (χ0n) is 10.4. The van der Waals surface area contributed by atoms with E-state index in [9.17, 15) is 4.39 Å². The maximum atomic E-state index is 13.7. The van der Waals surface area contributed by atoms with Crippen LogP contribution in [0.15, 0.2) is 36.7 Å². The van der Waals surface area contributed by atoms with E-state index in [1.165, 1.54) is 18.5 Å². The van der Waals surface area contributed by atoms with E-state index in [-0.39, 0.29) is 5.75 Å². The number of pyridine rings is 1. The Hall–Kier alpha value is -2.61. The van der Waals surface area contributed by atoms with Crippen molar-refractivity contribution in [3.05, 3.63) is 48.0 Å². The lowest BCUT2D eigenvalue weighted by atomic mass is 10.2. The maximum absolute atomic E-state index is 13.7. The molecule has 0 saturated heterocycles. The van der Waals surface area contributed by atoms with Gasteiger partial charge in [0.15, 0.2) is 11.6 Å². The Morgan fingerprint density at radius 3 is 2.95 bits per heavy atom. The van der Waals surface area contributed by atoms with Gasteiger partial charge in [0.1, 0.15) is 6.07 Å². The summed E-state index contributed by atoms with van der Waals surface area (Å²) < 4.78 is 18.8. The van der Waals surface area contributed by atoms with Crippen molar-refractivity contribution in [3.8, 4) is 11.8 Å². The minimum atomic E-state index is -0.450. The molecule has 0 aliphatic rings. The summed E-state index contributed by atoms with van der Waals surface area (Å²) >= 11 is 0. The average molecular weight is 257 g/mol. The van der Waals surface area contributed by atoms with E-state index in [4.69, 9.17) is 10.00 Å². The summed E-state index contributed by atoms with van der Waals surface area (Å²) in [6.07, 6.45) is 3.05. The van der Waals surface area contributed by atoms with Gasteiger partial charge in [0.2, 0.25) is 0 Å². The average Bonchev–Trinajstić information content (AvgIpc) is 2.43. The van der Waals surface area contributed by atoms with Gasteiger partial charge in [-0.3, -0.25) is 4.98 Å². The zero-order valence-corrected chi connectivity index (χ0v) is 10.4. The van der Waals surface area contributed by atoms with Crippen LogP contribution in [0.3, 0.4) is 0 Å². The summed E-state index contributed by atoms with van der Waals surface area (Å²) in [5.74, 6) is -0.242. The van der Waals surface area contributed by atoms with Crippen molar-refractivity contribution in [2.24, 2.45) is 0 Å². The van der Waals surface area contributed by atoms with Crippen LogP contribution in [0, 0.1) is 17.1 Å². The molecule has 0 fully saturated rings. The predicted octanol–water partition coefficient (Wildman–Crippen LogP) is 3.23. The first-order chi connectivity index (χ1) is 9.24. The molecule has 1 aromatic heterocycles. The van der Waals surface area contributed by atoms with Crippen LogP contribution in [0.5, 0.6) is 5.75 Å². The quantitative estimate of drug-likeness (QED) is 0.913. The third kappa shape index (κ3) is 2.99. The van der Waals surface area contributed by atoms with Crippen LogP contribution in [-0.4, -0.2) is 11.6 Å². The first-order valence-corrected chi connectivity index (χ1v) is 5.78. The number of aromatic nitrogens is 1. The molecule has 0 saturated carbocycles. The molecule has 1 heterocycles. The molecule has 19 heavy (non-hydrogen) atoms. The van der Waals surface area contributed by atoms with Gasteiger partial charge in [-0.05, 0) is 25.1 Å². The van der Waals surface area contributed by atoms with Crippen molar-refractivity contribution in [2.75, 3.05) is 11.9 Å². The lowest BCUT2D eigenvalue weighted by Crippen LogP contribution is -1.98. The molecule has 0 radical (unpaired) electrons. The highest BCUT2D eigenvalue weighted by molar-refractivity contribution is 5.65. The molecule has 0 aliphatic heterocycles. The summed E-state index contributed by atoms with van der Waals surface area (Å²) in [7, 11) is 0. The number of anilines is 2. The normalized spacial score (nSPS) is 9.74. The number of hydrogen-bond acceptors (Lipinski definition) is 4. The fourth-order valence-corrected chi connectivity index (χ4v) is 1.60. The van der Waals surface area contributed by atoms with Gasteiger partial charge in [-0.15, -0.1) is 0 Å². The molecule has 5 heteroatoms. The molecule has 0 unspecified atom stereocenters. The van der Waals surface area contributed by atoms with Gasteiger partial charge in [-0.2, -0.15) is 5.26 Å². The van der Waals surface area contributed by atoms with Gasteiger partial charge >= 0.3 is 0 Å². The molecule has 0 spiro atoms. The largest absolute Gasteiger partial charge is 0.491 e. The highest BCUT2D eigenvalue weighted by Gasteiger charge is 2.06.